The number of urea groups is 1. The first-order valence-electron chi connectivity index (χ1n) is 5.54. The fraction of sp³-hybridized carbons (Fsp3) is 0.364. The molecule has 0 saturated heterocycles. The van der Waals surface area contributed by atoms with Crippen LogP contribution < -0.4 is 10.6 Å². The third kappa shape index (κ3) is 5.97. The number of amides is 3. The summed E-state index contributed by atoms with van der Waals surface area (Å²) in [4.78, 5) is 33.6. The number of esters is 1. The highest BCUT2D eigenvalue weighted by atomic mass is 19.4. The number of furan rings is 1. The predicted molar refractivity (Wildman–Crippen MR) is 61.3 cm³/mol. The normalized spacial score (nSPS) is 10.9. The molecule has 2 N–H and O–H groups in total. The lowest BCUT2D eigenvalue weighted by atomic mass is 10.3. The summed E-state index contributed by atoms with van der Waals surface area (Å²) in [7, 11) is 0. The van der Waals surface area contributed by atoms with Gasteiger partial charge in [0.25, 0.3) is 5.91 Å². The van der Waals surface area contributed by atoms with E-state index in [4.69, 9.17) is 4.42 Å². The van der Waals surface area contributed by atoms with Crippen LogP contribution in [0.1, 0.15) is 16.1 Å². The highest BCUT2D eigenvalue weighted by Crippen LogP contribution is 2.12. The zero-order valence-electron chi connectivity index (χ0n) is 10.7. The molecule has 0 spiro atoms. The lowest BCUT2D eigenvalue weighted by Crippen LogP contribution is -2.44. The van der Waals surface area contributed by atoms with Crippen molar-refractivity contribution in [3.8, 4) is 0 Å². The van der Waals surface area contributed by atoms with Gasteiger partial charge in [0.05, 0.1) is 6.26 Å². The van der Waals surface area contributed by atoms with E-state index in [1.165, 1.54) is 24.6 Å². The second-order valence-corrected chi connectivity index (χ2v) is 3.81. The van der Waals surface area contributed by atoms with E-state index in [2.05, 4.69) is 4.74 Å². The number of imide groups is 1. The lowest BCUT2D eigenvalue weighted by molar-refractivity contribution is -0.125. The Morgan fingerprint density at radius 1 is 1.33 bits per heavy atom. The first-order valence-corrected chi connectivity index (χ1v) is 5.54. The summed E-state index contributed by atoms with van der Waals surface area (Å²) in [5, 5.41) is 3.00. The topological polar surface area (TPSA) is 97.6 Å². The number of halogens is 3. The van der Waals surface area contributed by atoms with Crippen LogP contribution in [0.5, 0.6) is 0 Å². The van der Waals surface area contributed by atoms with E-state index in [9.17, 15) is 27.6 Å². The molecule has 1 rings (SSSR count). The number of carbonyl (C=O) groups is 3. The van der Waals surface area contributed by atoms with Gasteiger partial charge in [-0.05, 0) is 13.0 Å². The largest absolute Gasteiger partial charge is 0.469 e. The van der Waals surface area contributed by atoms with Gasteiger partial charge >= 0.3 is 18.2 Å². The van der Waals surface area contributed by atoms with Crippen LogP contribution in [0.15, 0.2) is 16.7 Å². The molecule has 0 aromatic carbocycles. The van der Waals surface area contributed by atoms with Crippen molar-refractivity contribution >= 4 is 17.9 Å². The maximum absolute atomic E-state index is 11.8. The molecule has 0 radical (unpaired) electrons. The molecule has 21 heavy (non-hydrogen) atoms. The van der Waals surface area contributed by atoms with Crippen molar-refractivity contribution in [1.29, 1.82) is 0 Å². The molecular formula is C11H11F3N2O5. The fourth-order valence-electron chi connectivity index (χ4n) is 1.19. The Balaban J connectivity index is 2.33. The molecule has 0 atom stereocenters. The summed E-state index contributed by atoms with van der Waals surface area (Å²) in [6, 6.07) is -0.0149. The van der Waals surface area contributed by atoms with Crippen molar-refractivity contribution in [2.45, 2.75) is 13.1 Å². The molecule has 0 fully saturated rings. The van der Waals surface area contributed by atoms with Crippen LogP contribution in [0.2, 0.25) is 0 Å². The third-order valence-electron chi connectivity index (χ3n) is 2.12. The number of hydrogen-bond donors (Lipinski definition) is 2. The van der Waals surface area contributed by atoms with Gasteiger partial charge in [0.15, 0.2) is 6.61 Å². The average Bonchev–Trinajstić information content (AvgIpc) is 2.79. The summed E-state index contributed by atoms with van der Waals surface area (Å²) in [5.41, 5.74) is 0.101. The monoisotopic (exact) mass is 308 g/mol. The van der Waals surface area contributed by atoms with Gasteiger partial charge < -0.3 is 14.5 Å². The van der Waals surface area contributed by atoms with Gasteiger partial charge in [0, 0.05) is 0 Å². The van der Waals surface area contributed by atoms with Gasteiger partial charge in [-0.25, -0.2) is 9.59 Å². The highest BCUT2D eigenvalue weighted by Gasteiger charge is 2.28. The number of aryl methyl sites for hydroxylation is 1. The molecule has 1 aromatic heterocycles. The maximum atomic E-state index is 11.8. The molecule has 1 heterocycles. The van der Waals surface area contributed by atoms with Gasteiger partial charge in [0.1, 0.15) is 17.9 Å². The summed E-state index contributed by atoms with van der Waals surface area (Å²) in [5.74, 6) is -1.64. The van der Waals surface area contributed by atoms with Crippen LogP contribution in [-0.4, -0.2) is 37.2 Å². The van der Waals surface area contributed by atoms with Crippen molar-refractivity contribution in [2.75, 3.05) is 13.2 Å². The Labute approximate surface area is 116 Å². The second-order valence-electron chi connectivity index (χ2n) is 3.81. The molecule has 7 nitrogen and oxygen atoms in total. The van der Waals surface area contributed by atoms with Crippen molar-refractivity contribution in [3.63, 3.8) is 0 Å². The van der Waals surface area contributed by atoms with E-state index >= 15 is 0 Å². The van der Waals surface area contributed by atoms with E-state index in [0.29, 0.717) is 0 Å². The molecular weight excluding hydrogens is 297 g/mol. The molecule has 0 aliphatic carbocycles. The Morgan fingerprint density at radius 2 is 2.00 bits per heavy atom. The molecule has 3 amide bonds. The zero-order valence-corrected chi connectivity index (χ0v) is 10.7. The van der Waals surface area contributed by atoms with Crippen molar-refractivity contribution in [2.24, 2.45) is 0 Å². The zero-order chi connectivity index (χ0) is 16.0. The van der Waals surface area contributed by atoms with Crippen molar-refractivity contribution in [1.82, 2.24) is 10.6 Å². The predicted octanol–water partition coefficient (Wildman–Crippen LogP) is 1.13. The van der Waals surface area contributed by atoms with Gasteiger partial charge in [0.2, 0.25) is 0 Å². The van der Waals surface area contributed by atoms with Crippen molar-refractivity contribution < 1.29 is 36.7 Å². The highest BCUT2D eigenvalue weighted by molar-refractivity contribution is 5.97. The first-order chi connectivity index (χ1) is 9.69. The molecule has 0 unspecified atom stereocenters. The van der Waals surface area contributed by atoms with Crippen LogP contribution in [0.25, 0.3) is 0 Å². The van der Waals surface area contributed by atoms with Crippen LogP contribution in [0.3, 0.4) is 0 Å². The lowest BCUT2D eigenvalue weighted by Gasteiger charge is -2.09. The number of hydrogen-bond acceptors (Lipinski definition) is 5. The Kier molecular flexibility index (Phi) is 5.33. The number of rotatable bonds is 4. The van der Waals surface area contributed by atoms with Gasteiger partial charge in [-0.2, -0.15) is 13.2 Å². The van der Waals surface area contributed by atoms with E-state index in [-0.39, 0.29) is 11.3 Å². The fourth-order valence-corrected chi connectivity index (χ4v) is 1.19. The maximum Gasteiger partial charge on any atom is 0.405 e. The third-order valence-corrected chi connectivity index (χ3v) is 2.12. The van der Waals surface area contributed by atoms with E-state index in [1.54, 1.807) is 5.32 Å². The first kappa shape index (κ1) is 16.5. The molecule has 1 aromatic rings. The summed E-state index contributed by atoms with van der Waals surface area (Å²) in [6.07, 6.45) is -3.34. The summed E-state index contributed by atoms with van der Waals surface area (Å²) < 4.78 is 44.8. The van der Waals surface area contributed by atoms with Gasteiger partial charge in [-0.15, -0.1) is 0 Å². The number of carbonyl (C=O) groups excluding carboxylic acids is 3. The SMILES string of the molecule is Cc1occc1C(=O)OCC(=O)NC(=O)NCC(F)(F)F. The molecule has 116 valence electrons. The number of nitrogens with one attached hydrogen (secondary N) is 2. The van der Waals surface area contributed by atoms with Crippen LogP contribution >= 0.6 is 0 Å². The van der Waals surface area contributed by atoms with Crippen LogP contribution in [0, 0.1) is 6.92 Å². The minimum atomic E-state index is -4.59. The Morgan fingerprint density at radius 3 is 2.52 bits per heavy atom. The average molecular weight is 308 g/mol. The van der Waals surface area contributed by atoms with Crippen LogP contribution in [0.4, 0.5) is 18.0 Å². The molecule has 0 aliphatic heterocycles. The standard InChI is InChI=1S/C11H11F3N2O5/c1-6-7(2-3-20-6)9(18)21-4-8(17)16-10(19)15-5-11(12,13)14/h2-3H,4-5H2,1H3,(H2,15,16,17,19). The summed E-state index contributed by atoms with van der Waals surface area (Å²) in [6.45, 7) is -0.899. The number of ether oxygens (including phenoxy) is 1. The van der Waals surface area contributed by atoms with Crippen molar-refractivity contribution in [3.05, 3.63) is 23.7 Å². The Hall–Kier alpha value is -2.52. The molecule has 0 bridgehead atoms. The van der Waals surface area contributed by atoms with Gasteiger partial charge in [-0.3, -0.25) is 10.1 Å². The Bertz CT molecular complexity index is 538. The molecule has 0 saturated carbocycles. The molecule has 10 heteroatoms. The van der Waals surface area contributed by atoms with Gasteiger partial charge in [-0.1, -0.05) is 0 Å². The second kappa shape index (κ2) is 6.77. The smallest absolute Gasteiger partial charge is 0.405 e. The van der Waals surface area contributed by atoms with E-state index < -0.39 is 37.2 Å². The van der Waals surface area contributed by atoms with E-state index in [1.807, 2.05) is 0 Å². The van der Waals surface area contributed by atoms with E-state index in [0.717, 1.165) is 0 Å². The minimum Gasteiger partial charge on any atom is -0.469 e. The molecule has 0 aliphatic rings. The quantitative estimate of drug-likeness (QED) is 0.813. The number of alkyl halides is 3. The summed E-state index contributed by atoms with van der Waals surface area (Å²) >= 11 is 0. The minimum absolute atomic E-state index is 0.101. The van der Waals surface area contributed by atoms with Crippen LogP contribution in [-0.2, 0) is 9.53 Å².